The van der Waals surface area contributed by atoms with Crippen LogP contribution in [0.3, 0.4) is 0 Å². The number of fused-ring (bicyclic) bond motifs is 1. The molecule has 0 unspecified atom stereocenters. The van der Waals surface area contributed by atoms with Gasteiger partial charge in [-0.2, -0.15) is 0 Å². The first-order chi connectivity index (χ1) is 13.2. The Labute approximate surface area is 160 Å². The highest BCUT2D eigenvalue weighted by molar-refractivity contribution is 6.29. The average molecular weight is 384 g/mol. The lowest BCUT2D eigenvalue weighted by molar-refractivity contribution is 0.585. The Kier molecular flexibility index (Phi) is 4.79. The topological polar surface area (TPSA) is 80.9 Å². The van der Waals surface area contributed by atoms with Gasteiger partial charge in [0.2, 0.25) is 0 Å². The number of aromatic nitrogens is 5. The van der Waals surface area contributed by atoms with E-state index in [9.17, 15) is 4.79 Å². The summed E-state index contributed by atoms with van der Waals surface area (Å²) in [5.41, 5.74) is 1.59. The Morgan fingerprint density at radius 2 is 2.07 bits per heavy atom. The van der Waals surface area contributed by atoms with Crippen LogP contribution in [0.15, 0.2) is 29.5 Å². The molecule has 0 atom stereocenters. The smallest absolute Gasteiger partial charge is 0.335 e. The van der Waals surface area contributed by atoms with Crippen LogP contribution in [0.1, 0.15) is 6.92 Å². The number of nitrogens with one attached hydrogen (secondary N) is 1. The van der Waals surface area contributed by atoms with Gasteiger partial charge in [-0.15, -0.1) is 5.92 Å². The fourth-order valence-corrected chi connectivity index (χ4v) is 3.42. The normalized spacial score (nSPS) is 14.2. The Morgan fingerprint density at radius 1 is 1.26 bits per heavy atom. The molecule has 0 radical (unpaired) electrons. The van der Waals surface area contributed by atoms with Gasteiger partial charge >= 0.3 is 5.69 Å². The van der Waals surface area contributed by atoms with Crippen molar-refractivity contribution in [1.82, 2.24) is 29.4 Å². The molecule has 1 saturated heterocycles. The zero-order chi connectivity index (χ0) is 18.8. The molecule has 0 spiro atoms. The van der Waals surface area contributed by atoms with Crippen LogP contribution >= 0.6 is 11.6 Å². The van der Waals surface area contributed by atoms with Crippen molar-refractivity contribution in [2.75, 3.05) is 31.1 Å². The summed E-state index contributed by atoms with van der Waals surface area (Å²) < 4.78 is 3.16. The van der Waals surface area contributed by atoms with Gasteiger partial charge in [0.05, 0.1) is 12.2 Å². The summed E-state index contributed by atoms with van der Waals surface area (Å²) in [5, 5.41) is 3.64. The number of rotatable bonds is 3. The highest BCUT2D eigenvalue weighted by atomic mass is 35.5. The van der Waals surface area contributed by atoms with Gasteiger partial charge in [-0.3, -0.25) is 4.57 Å². The Balaban J connectivity index is 2.00. The lowest BCUT2D eigenvalue weighted by Crippen LogP contribution is -2.44. The molecular formula is C18H18ClN7O. The van der Waals surface area contributed by atoms with E-state index in [1.807, 2.05) is 0 Å². The molecule has 8 nitrogen and oxygen atoms in total. The average Bonchev–Trinajstić information content (AvgIpc) is 2.98. The van der Waals surface area contributed by atoms with Crippen LogP contribution < -0.4 is 15.9 Å². The molecule has 0 saturated carbocycles. The highest BCUT2D eigenvalue weighted by Gasteiger charge is 2.23. The monoisotopic (exact) mass is 383 g/mol. The molecule has 3 aromatic heterocycles. The molecule has 1 fully saturated rings. The summed E-state index contributed by atoms with van der Waals surface area (Å²) in [6, 6.07) is 3.37. The molecule has 1 aliphatic heterocycles. The molecule has 3 aromatic rings. The van der Waals surface area contributed by atoms with Crippen molar-refractivity contribution in [3.8, 4) is 17.5 Å². The Bertz CT molecular complexity index is 1100. The van der Waals surface area contributed by atoms with Crippen molar-refractivity contribution < 1.29 is 0 Å². The fraction of sp³-hybridized carbons (Fsp3) is 0.333. The maximum absolute atomic E-state index is 13.2. The molecule has 9 heteroatoms. The molecule has 0 bridgehead atoms. The fourth-order valence-electron chi connectivity index (χ4n) is 3.25. The minimum atomic E-state index is -0.230. The van der Waals surface area contributed by atoms with Crippen LogP contribution in [0.4, 0.5) is 5.82 Å². The highest BCUT2D eigenvalue weighted by Crippen LogP contribution is 2.25. The summed E-state index contributed by atoms with van der Waals surface area (Å²) in [5.74, 6) is 6.58. The summed E-state index contributed by atoms with van der Waals surface area (Å²) in [4.78, 5) is 28.3. The Morgan fingerprint density at radius 3 is 2.81 bits per heavy atom. The van der Waals surface area contributed by atoms with E-state index in [2.05, 4.69) is 37.0 Å². The van der Waals surface area contributed by atoms with Crippen molar-refractivity contribution in [3.63, 3.8) is 0 Å². The van der Waals surface area contributed by atoms with Gasteiger partial charge in [-0.25, -0.2) is 24.3 Å². The van der Waals surface area contributed by atoms with E-state index in [0.717, 1.165) is 32.0 Å². The van der Waals surface area contributed by atoms with Crippen LogP contribution in [0.2, 0.25) is 5.15 Å². The third-order valence-corrected chi connectivity index (χ3v) is 4.69. The van der Waals surface area contributed by atoms with Crippen molar-refractivity contribution in [2.24, 2.45) is 0 Å². The minimum Gasteiger partial charge on any atom is -0.352 e. The maximum Gasteiger partial charge on any atom is 0.335 e. The summed E-state index contributed by atoms with van der Waals surface area (Å²) in [6.07, 6.45) is 3.06. The van der Waals surface area contributed by atoms with Gasteiger partial charge in [-0.1, -0.05) is 17.5 Å². The quantitative estimate of drug-likeness (QED) is 0.538. The van der Waals surface area contributed by atoms with Crippen molar-refractivity contribution in [1.29, 1.82) is 0 Å². The predicted octanol–water partition coefficient (Wildman–Crippen LogP) is 1.06. The van der Waals surface area contributed by atoms with Crippen molar-refractivity contribution in [3.05, 3.63) is 40.3 Å². The number of anilines is 1. The van der Waals surface area contributed by atoms with Gasteiger partial charge in [-0.05, 0) is 19.1 Å². The van der Waals surface area contributed by atoms with Gasteiger partial charge in [0.25, 0.3) is 0 Å². The van der Waals surface area contributed by atoms with E-state index in [-0.39, 0.29) is 12.2 Å². The van der Waals surface area contributed by atoms with Crippen LogP contribution in [-0.2, 0) is 6.54 Å². The molecule has 0 amide bonds. The molecule has 27 heavy (non-hydrogen) atoms. The number of piperazine rings is 1. The van der Waals surface area contributed by atoms with Crippen molar-refractivity contribution in [2.45, 2.75) is 13.5 Å². The molecule has 138 valence electrons. The molecule has 1 N–H and O–H groups in total. The van der Waals surface area contributed by atoms with Crippen LogP contribution in [0.5, 0.6) is 0 Å². The van der Waals surface area contributed by atoms with Gasteiger partial charge in [0.1, 0.15) is 17.0 Å². The van der Waals surface area contributed by atoms with E-state index < -0.39 is 0 Å². The molecule has 0 aliphatic carbocycles. The standard InChI is InChI=1S/C18H18ClN7O/c1-2-3-8-25-15-16(24-9-6-20-7-10-24)22-12-23-17(15)26(18(25)27)13-4-5-21-14(19)11-13/h4-5,11-12,20H,6-10H2,1H3. The van der Waals surface area contributed by atoms with Crippen molar-refractivity contribution >= 4 is 28.6 Å². The first-order valence-electron chi connectivity index (χ1n) is 8.64. The van der Waals surface area contributed by atoms with Crippen LogP contribution in [0, 0.1) is 11.8 Å². The Hall–Kier alpha value is -2.89. The van der Waals surface area contributed by atoms with Crippen LogP contribution in [-0.4, -0.2) is 50.3 Å². The second kappa shape index (κ2) is 7.39. The largest absolute Gasteiger partial charge is 0.352 e. The number of imidazole rings is 1. The lowest BCUT2D eigenvalue weighted by atomic mass is 10.3. The maximum atomic E-state index is 13.2. The predicted molar refractivity (Wildman–Crippen MR) is 104 cm³/mol. The first kappa shape index (κ1) is 17.5. The second-order valence-corrected chi connectivity index (χ2v) is 6.46. The first-order valence-corrected chi connectivity index (χ1v) is 9.02. The molecule has 4 rings (SSSR count). The van der Waals surface area contributed by atoms with E-state index in [4.69, 9.17) is 11.6 Å². The van der Waals surface area contributed by atoms with E-state index in [0.29, 0.717) is 22.0 Å². The third kappa shape index (κ3) is 3.16. The number of hydrogen-bond donors (Lipinski definition) is 1. The van der Waals surface area contributed by atoms with E-state index >= 15 is 0 Å². The third-order valence-electron chi connectivity index (χ3n) is 4.49. The van der Waals surface area contributed by atoms with E-state index in [1.165, 1.54) is 10.9 Å². The zero-order valence-corrected chi connectivity index (χ0v) is 15.6. The number of pyridine rings is 1. The van der Waals surface area contributed by atoms with Crippen LogP contribution in [0.25, 0.3) is 16.9 Å². The second-order valence-electron chi connectivity index (χ2n) is 6.07. The summed E-state index contributed by atoms with van der Waals surface area (Å²) >= 11 is 6.04. The molecule has 1 aliphatic rings. The number of halogens is 1. The van der Waals surface area contributed by atoms with Gasteiger partial charge in [0, 0.05) is 32.4 Å². The number of nitrogens with zero attached hydrogens (tertiary/aromatic N) is 6. The SMILES string of the molecule is CC#CCn1c(=O)n(-c2ccnc(Cl)c2)c2ncnc(N3CCNCC3)c21. The molecule has 0 aromatic carbocycles. The van der Waals surface area contributed by atoms with Gasteiger partial charge < -0.3 is 10.2 Å². The molecular weight excluding hydrogens is 366 g/mol. The molecule has 4 heterocycles. The lowest BCUT2D eigenvalue weighted by Gasteiger charge is -2.28. The van der Waals surface area contributed by atoms with E-state index in [1.54, 1.807) is 29.8 Å². The number of hydrogen-bond acceptors (Lipinski definition) is 6. The summed E-state index contributed by atoms with van der Waals surface area (Å²) in [7, 11) is 0. The zero-order valence-electron chi connectivity index (χ0n) is 14.8. The minimum absolute atomic E-state index is 0.230. The summed E-state index contributed by atoms with van der Waals surface area (Å²) in [6.45, 7) is 5.37. The van der Waals surface area contributed by atoms with Gasteiger partial charge in [0.15, 0.2) is 11.5 Å².